The summed E-state index contributed by atoms with van der Waals surface area (Å²) in [5.41, 5.74) is 0. The second kappa shape index (κ2) is 5.20. The molecule has 0 aliphatic rings. The van der Waals surface area contributed by atoms with Crippen molar-refractivity contribution in [1.29, 1.82) is 0 Å². The number of nitrogens with one attached hydrogen (secondary N) is 2. The van der Waals surface area contributed by atoms with Gasteiger partial charge in [-0.1, -0.05) is 0 Å². The van der Waals surface area contributed by atoms with E-state index in [2.05, 4.69) is 10.6 Å². The minimum atomic E-state index is -1.08. The van der Waals surface area contributed by atoms with E-state index in [1.165, 1.54) is 13.2 Å². The van der Waals surface area contributed by atoms with E-state index in [0.29, 0.717) is 5.76 Å². The number of urea groups is 1. The Hall–Kier alpha value is -1.98. The highest BCUT2D eigenvalue weighted by Crippen LogP contribution is 2.11. The summed E-state index contributed by atoms with van der Waals surface area (Å²) in [5, 5.41) is 13.4. The quantitative estimate of drug-likeness (QED) is 0.717. The number of amides is 2. The minimum Gasteiger partial charge on any atom is -0.480 e. The molecule has 0 aliphatic carbocycles. The van der Waals surface area contributed by atoms with Crippen LogP contribution in [0.3, 0.4) is 0 Å². The summed E-state index contributed by atoms with van der Waals surface area (Å²) in [6.45, 7) is 3.13. The standard InChI is InChI=1S/C10H14N2O4/c1-6(8-4-3-5-16-8)11-10(15)12-7(2)9(13)14/h3-7H,1-2H3,(H,13,14)(H2,11,12,15)/t6?,7-/m0/s1. The molecule has 0 aliphatic heterocycles. The van der Waals surface area contributed by atoms with Crippen LogP contribution in [0, 0.1) is 0 Å². The molecule has 1 unspecified atom stereocenters. The van der Waals surface area contributed by atoms with Crippen LogP contribution in [0.25, 0.3) is 0 Å². The van der Waals surface area contributed by atoms with Gasteiger partial charge >= 0.3 is 12.0 Å². The van der Waals surface area contributed by atoms with Crippen LogP contribution in [0.1, 0.15) is 25.6 Å². The van der Waals surface area contributed by atoms with Crippen molar-refractivity contribution >= 4 is 12.0 Å². The van der Waals surface area contributed by atoms with Gasteiger partial charge in [0.05, 0.1) is 12.3 Å². The van der Waals surface area contributed by atoms with Crippen molar-refractivity contribution in [2.45, 2.75) is 25.9 Å². The molecular formula is C10H14N2O4. The van der Waals surface area contributed by atoms with E-state index < -0.39 is 18.0 Å². The Morgan fingerprint density at radius 1 is 1.38 bits per heavy atom. The van der Waals surface area contributed by atoms with Crippen molar-refractivity contribution in [1.82, 2.24) is 10.6 Å². The molecule has 1 rings (SSSR count). The number of carbonyl (C=O) groups is 2. The second-order valence-electron chi connectivity index (χ2n) is 3.41. The van der Waals surface area contributed by atoms with Gasteiger partial charge in [0.1, 0.15) is 11.8 Å². The van der Waals surface area contributed by atoms with Crippen molar-refractivity contribution in [2.24, 2.45) is 0 Å². The van der Waals surface area contributed by atoms with Crippen LogP contribution < -0.4 is 10.6 Å². The molecule has 0 radical (unpaired) electrons. The maximum atomic E-state index is 11.3. The molecule has 0 bridgehead atoms. The minimum absolute atomic E-state index is 0.309. The van der Waals surface area contributed by atoms with Crippen LogP contribution in [-0.2, 0) is 4.79 Å². The molecule has 2 amide bonds. The average Bonchev–Trinajstić information content (AvgIpc) is 2.69. The van der Waals surface area contributed by atoms with E-state index in [9.17, 15) is 9.59 Å². The topological polar surface area (TPSA) is 91.6 Å². The normalized spacial score (nSPS) is 13.9. The first-order valence-electron chi connectivity index (χ1n) is 4.84. The SMILES string of the molecule is CC(NC(=O)N[C@@H](C)C(=O)O)c1ccco1. The summed E-state index contributed by atoms with van der Waals surface area (Å²) in [5.74, 6) is -0.473. The molecular weight excluding hydrogens is 212 g/mol. The molecule has 2 atom stereocenters. The lowest BCUT2D eigenvalue weighted by Gasteiger charge is -2.14. The zero-order valence-electron chi connectivity index (χ0n) is 9.06. The largest absolute Gasteiger partial charge is 0.480 e. The van der Waals surface area contributed by atoms with E-state index in [-0.39, 0.29) is 6.04 Å². The Balaban J connectivity index is 2.43. The number of carbonyl (C=O) groups excluding carboxylic acids is 1. The highest BCUT2D eigenvalue weighted by Gasteiger charge is 2.16. The van der Waals surface area contributed by atoms with Crippen LogP contribution in [0.15, 0.2) is 22.8 Å². The zero-order valence-corrected chi connectivity index (χ0v) is 9.06. The van der Waals surface area contributed by atoms with Gasteiger partial charge in [0.25, 0.3) is 0 Å². The highest BCUT2D eigenvalue weighted by atomic mass is 16.4. The van der Waals surface area contributed by atoms with E-state index >= 15 is 0 Å². The summed E-state index contributed by atoms with van der Waals surface area (Å²) in [7, 11) is 0. The first-order valence-corrected chi connectivity index (χ1v) is 4.84. The molecule has 6 nitrogen and oxygen atoms in total. The van der Waals surface area contributed by atoms with Gasteiger partial charge in [0.15, 0.2) is 0 Å². The van der Waals surface area contributed by atoms with E-state index in [1.54, 1.807) is 19.1 Å². The Morgan fingerprint density at radius 3 is 2.56 bits per heavy atom. The van der Waals surface area contributed by atoms with Crippen LogP contribution in [0.5, 0.6) is 0 Å². The predicted octanol–water partition coefficient (Wildman–Crippen LogP) is 1.11. The van der Waals surface area contributed by atoms with Crippen LogP contribution in [0.4, 0.5) is 4.79 Å². The smallest absolute Gasteiger partial charge is 0.325 e. The highest BCUT2D eigenvalue weighted by molar-refractivity contribution is 5.82. The lowest BCUT2D eigenvalue weighted by atomic mass is 10.2. The number of aliphatic carboxylic acids is 1. The number of furan rings is 1. The Bertz CT molecular complexity index is 361. The predicted molar refractivity (Wildman–Crippen MR) is 55.9 cm³/mol. The summed E-state index contributed by atoms with van der Waals surface area (Å²) in [6.07, 6.45) is 1.51. The number of hydrogen-bond donors (Lipinski definition) is 3. The lowest BCUT2D eigenvalue weighted by molar-refractivity contribution is -0.138. The molecule has 16 heavy (non-hydrogen) atoms. The molecule has 0 fully saturated rings. The van der Waals surface area contributed by atoms with E-state index in [0.717, 1.165) is 0 Å². The fraction of sp³-hybridized carbons (Fsp3) is 0.400. The number of rotatable bonds is 4. The number of carboxylic acid groups (broad SMARTS) is 1. The molecule has 0 spiro atoms. The molecule has 0 aromatic carbocycles. The molecule has 1 aromatic heterocycles. The van der Waals surface area contributed by atoms with Crippen molar-refractivity contribution in [3.63, 3.8) is 0 Å². The maximum Gasteiger partial charge on any atom is 0.325 e. The summed E-state index contributed by atoms with van der Waals surface area (Å²) in [6, 6.07) is 1.66. The van der Waals surface area contributed by atoms with Gasteiger partial charge in [-0.25, -0.2) is 4.79 Å². The number of hydrogen-bond acceptors (Lipinski definition) is 3. The van der Waals surface area contributed by atoms with Gasteiger partial charge in [0, 0.05) is 0 Å². The van der Waals surface area contributed by atoms with Crippen molar-refractivity contribution < 1.29 is 19.1 Å². The summed E-state index contributed by atoms with van der Waals surface area (Å²) < 4.78 is 5.09. The fourth-order valence-electron chi connectivity index (χ4n) is 1.11. The third-order valence-electron chi connectivity index (χ3n) is 2.04. The van der Waals surface area contributed by atoms with Gasteiger partial charge in [-0.3, -0.25) is 4.79 Å². The third kappa shape index (κ3) is 3.30. The first kappa shape index (κ1) is 12.1. The van der Waals surface area contributed by atoms with Crippen molar-refractivity contribution in [3.8, 4) is 0 Å². The van der Waals surface area contributed by atoms with E-state index in [1.807, 2.05) is 0 Å². The third-order valence-corrected chi connectivity index (χ3v) is 2.04. The van der Waals surface area contributed by atoms with Crippen molar-refractivity contribution in [3.05, 3.63) is 24.2 Å². The summed E-state index contributed by atoms with van der Waals surface area (Å²) >= 11 is 0. The molecule has 6 heteroatoms. The number of carboxylic acids is 1. The molecule has 88 valence electrons. The Morgan fingerprint density at radius 2 is 2.06 bits per heavy atom. The Labute approximate surface area is 92.6 Å². The molecule has 1 aromatic rings. The van der Waals surface area contributed by atoms with Gasteiger partial charge in [-0.05, 0) is 26.0 Å². The van der Waals surface area contributed by atoms with Crippen molar-refractivity contribution in [2.75, 3.05) is 0 Å². The molecule has 1 heterocycles. The van der Waals surface area contributed by atoms with Crippen LogP contribution in [0.2, 0.25) is 0 Å². The first-order chi connectivity index (χ1) is 7.50. The van der Waals surface area contributed by atoms with Gasteiger partial charge in [0.2, 0.25) is 0 Å². The lowest BCUT2D eigenvalue weighted by Crippen LogP contribution is -2.44. The molecule has 0 saturated carbocycles. The maximum absolute atomic E-state index is 11.3. The summed E-state index contributed by atoms with van der Waals surface area (Å²) in [4.78, 5) is 21.8. The second-order valence-corrected chi connectivity index (χ2v) is 3.41. The van der Waals surface area contributed by atoms with Crippen LogP contribution in [-0.4, -0.2) is 23.1 Å². The van der Waals surface area contributed by atoms with Gasteiger partial charge in [-0.15, -0.1) is 0 Å². The monoisotopic (exact) mass is 226 g/mol. The van der Waals surface area contributed by atoms with Gasteiger partial charge < -0.3 is 20.2 Å². The molecule has 0 saturated heterocycles. The van der Waals surface area contributed by atoms with E-state index in [4.69, 9.17) is 9.52 Å². The zero-order chi connectivity index (χ0) is 12.1. The fourth-order valence-corrected chi connectivity index (χ4v) is 1.11. The van der Waals surface area contributed by atoms with Crippen LogP contribution >= 0.6 is 0 Å². The average molecular weight is 226 g/mol. The molecule has 3 N–H and O–H groups in total. The van der Waals surface area contributed by atoms with Gasteiger partial charge in [-0.2, -0.15) is 0 Å². The Kier molecular flexibility index (Phi) is 3.93.